The number of primary amides is 1. The number of aliphatic carboxylic acids is 1. The number of rotatable bonds is 23. The predicted octanol–water partition coefficient (Wildman–Crippen LogP) is 0.729. The van der Waals surface area contributed by atoms with Crippen molar-refractivity contribution in [3.63, 3.8) is 0 Å². The molecular formula is C91H132N20O18. The van der Waals surface area contributed by atoms with Crippen molar-refractivity contribution in [2.24, 2.45) is 34.8 Å². The number of hydrogen-bond acceptors (Lipinski definition) is 20. The van der Waals surface area contributed by atoms with Gasteiger partial charge in [-0.25, -0.2) is 0 Å². The number of aromatic nitrogens is 2. The van der Waals surface area contributed by atoms with Crippen LogP contribution >= 0.6 is 0 Å². The first kappa shape index (κ1) is 101. The number of hydrogen-bond donors (Lipinski definition) is 16. The molecule has 0 aliphatic carbocycles. The minimum Gasteiger partial charge on any atom is -0.508 e. The number of piperidine rings is 1. The number of nitrogens with one attached hydrogen (secondary N) is 10. The molecule has 38 heteroatoms. The van der Waals surface area contributed by atoms with Crippen molar-refractivity contribution in [3.05, 3.63) is 102 Å². The first-order chi connectivity index (χ1) is 61.6. The van der Waals surface area contributed by atoms with Gasteiger partial charge in [-0.3, -0.25) is 76.7 Å². The fourth-order valence-electron chi connectivity index (χ4n) is 17.6. The molecule has 14 atom stereocenters. The maximum Gasteiger partial charge on any atom is 0.323 e. The topological polar surface area (TPSA) is 563 Å². The summed E-state index contributed by atoms with van der Waals surface area (Å²) in [4.78, 5) is 245. The molecule has 0 unspecified atom stereocenters. The Morgan fingerprint density at radius 3 is 1.57 bits per heavy atom. The molecule has 20 N–H and O–H groups in total. The zero-order chi connectivity index (χ0) is 94.0. The highest BCUT2D eigenvalue weighted by Gasteiger charge is 2.46. The SMILES string of the molecule is CCCC[C@H]1C(=O)N(C)[C@@H](CCCC)C(=O)N[C@@H](CC(C)C)C(=O)NCCC[C@H](N)C(=O)N[C@@H](Cc2ccc(O)cc2)C(=O)N2CCCC[C@H]2C(=O)N[C@@H](CC(N)=O)C(=O)N2CCC[C@H]2C(=O)N[C@@H](CN)C(=O)N[C@@H](CC(C)C)C(=O)N2CCC[C@H]2C(=O)N[C@@H](Cc2c[nH]c3ccccc23)C(=O)N[C@@H](CCN)C(=O)N[C@@H](Cc2cn(CC(=O)O)c3ccccc23)C(=O)N1C. The molecule has 6 heterocycles. The van der Waals surface area contributed by atoms with E-state index in [4.69, 9.17) is 22.9 Å². The molecule has 38 nitrogen and oxygen atoms in total. The van der Waals surface area contributed by atoms with Crippen LogP contribution in [-0.4, -0.2) is 277 Å². The van der Waals surface area contributed by atoms with Gasteiger partial charge in [-0.1, -0.05) is 116 Å². The van der Waals surface area contributed by atoms with Crippen LogP contribution in [0, 0.1) is 11.8 Å². The summed E-state index contributed by atoms with van der Waals surface area (Å²) in [5.74, 6) is -13.7. The molecule has 2 aromatic heterocycles. The van der Waals surface area contributed by atoms with Gasteiger partial charge in [0.2, 0.25) is 88.6 Å². The van der Waals surface area contributed by atoms with Gasteiger partial charge in [0.15, 0.2) is 0 Å². The molecule has 704 valence electrons. The van der Waals surface area contributed by atoms with E-state index < -0.39 is 199 Å². The van der Waals surface area contributed by atoms with Crippen molar-refractivity contribution >= 4 is 116 Å². The summed E-state index contributed by atoms with van der Waals surface area (Å²) >= 11 is 0. The minimum absolute atomic E-state index is 0.00342. The van der Waals surface area contributed by atoms with E-state index in [2.05, 4.69) is 52.8 Å². The molecule has 3 aromatic carbocycles. The summed E-state index contributed by atoms with van der Waals surface area (Å²) in [6.07, 6.45) is 5.50. The van der Waals surface area contributed by atoms with Gasteiger partial charge in [0.05, 0.1) is 12.5 Å². The first-order valence-electron chi connectivity index (χ1n) is 45.3. The van der Waals surface area contributed by atoms with Gasteiger partial charge >= 0.3 is 5.97 Å². The first-order valence-corrected chi connectivity index (χ1v) is 45.3. The quantitative estimate of drug-likeness (QED) is 0.0429. The van der Waals surface area contributed by atoms with Crippen LogP contribution in [0.2, 0.25) is 0 Å². The second-order valence-corrected chi connectivity index (χ2v) is 35.2. The lowest BCUT2D eigenvalue weighted by molar-refractivity contribution is -0.149. The predicted molar refractivity (Wildman–Crippen MR) is 479 cm³/mol. The zero-order valence-corrected chi connectivity index (χ0v) is 75.2. The average Bonchev–Trinajstić information content (AvgIpc) is 1.66. The molecule has 0 saturated carbocycles. The molecule has 0 bridgehead atoms. The molecular weight excluding hydrogens is 1660 g/mol. The Bertz CT molecular complexity index is 4800. The van der Waals surface area contributed by atoms with Crippen molar-refractivity contribution in [2.75, 3.05) is 53.4 Å². The number of carboxylic acid groups (broad SMARTS) is 1. The number of carbonyl (C=O) groups is 16. The molecule has 4 saturated heterocycles. The van der Waals surface area contributed by atoms with Crippen LogP contribution in [0.5, 0.6) is 5.75 Å². The monoisotopic (exact) mass is 1790 g/mol. The standard InChI is InChI=1S/C91H132N20O18/c1-9-11-26-71-83(121)99-63(42-52(3)4)79(117)96-38-19-24-60(94)78(116)101-66(44-54-32-34-57(112)35-33-54)89(127)109-39-18-17-29-72(109)85(123)104-68(47-76(95)113)90(128)111-41-21-31-74(111)86(124)105-69(48-93)82(120)102-65(43-53(5)6)88(126)110-40-20-30-73(110)84(122)100-64(45-55-49-97-61-25-15-13-22-58(55)61)81(119)98-62(36-37-92)80(118)103-67(87(125)107(8)75(27-12-10-2)91(129)106(71)7)46-56-50-108(51-77(114)115)70-28-16-14-23-59(56)70/h13-16,22-23,25,28,32-35,49-50,52-53,60,62-69,71-75,97,112H,9-12,17-21,24,26-27,29-31,36-48,51,92-94H2,1-8H3,(H2,95,113)(H,96,117)(H,98,119)(H,99,121)(H,100,122)(H,101,116)(H,102,120)(H,103,118)(H,104,123)(H,105,124)(H,114,115)/t60-,62-,63-,64-,65-,66-,67-,68-,69-,71-,72-,73-,74-,75-/m0/s1. The lowest BCUT2D eigenvalue weighted by Gasteiger charge is -2.38. The van der Waals surface area contributed by atoms with Crippen LogP contribution in [0.1, 0.15) is 180 Å². The molecule has 4 aliphatic heterocycles. The number of aromatic amines is 1. The number of para-hydroxylation sites is 2. The maximum atomic E-state index is 15.9. The lowest BCUT2D eigenvalue weighted by atomic mass is 9.97. The average molecular weight is 1790 g/mol. The molecule has 0 radical (unpaired) electrons. The highest BCUT2D eigenvalue weighted by atomic mass is 16.4. The van der Waals surface area contributed by atoms with E-state index in [1.54, 1.807) is 74.8 Å². The van der Waals surface area contributed by atoms with E-state index >= 15 is 38.4 Å². The summed E-state index contributed by atoms with van der Waals surface area (Å²) in [7, 11) is 2.84. The van der Waals surface area contributed by atoms with Gasteiger partial charge in [0.25, 0.3) is 0 Å². The Hall–Kier alpha value is -12.1. The van der Waals surface area contributed by atoms with Gasteiger partial charge in [-0.2, -0.15) is 0 Å². The highest BCUT2D eigenvalue weighted by Crippen LogP contribution is 2.30. The van der Waals surface area contributed by atoms with Crippen LogP contribution in [0.4, 0.5) is 0 Å². The van der Waals surface area contributed by atoms with E-state index in [9.17, 15) is 48.6 Å². The van der Waals surface area contributed by atoms with Crippen molar-refractivity contribution in [1.29, 1.82) is 0 Å². The van der Waals surface area contributed by atoms with E-state index in [-0.39, 0.29) is 140 Å². The number of phenols is 1. The zero-order valence-electron chi connectivity index (χ0n) is 75.2. The van der Waals surface area contributed by atoms with Crippen LogP contribution in [0.3, 0.4) is 0 Å². The van der Waals surface area contributed by atoms with E-state index in [1.165, 1.54) is 50.4 Å². The van der Waals surface area contributed by atoms with Gasteiger partial charge in [-0.05, 0) is 149 Å². The Balaban J connectivity index is 1.07. The second-order valence-electron chi connectivity index (χ2n) is 35.2. The van der Waals surface area contributed by atoms with Crippen molar-refractivity contribution in [2.45, 2.75) is 274 Å². The Kier molecular flexibility index (Phi) is 37.3. The van der Waals surface area contributed by atoms with Gasteiger partial charge < -0.3 is 115 Å². The number of fused-ring (bicyclic) bond motifs is 5. The third-order valence-electron chi connectivity index (χ3n) is 24.6. The molecule has 9 rings (SSSR count). The largest absolute Gasteiger partial charge is 0.508 e. The summed E-state index contributed by atoms with van der Waals surface area (Å²) in [5, 5.41) is 46.7. The van der Waals surface area contributed by atoms with Gasteiger partial charge in [0.1, 0.15) is 90.8 Å². The second kappa shape index (κ2) is 47.8. The van der Waals surface area contributed by atoms with E-state index in [0.29, 0.717) is 83.4 Å². The molecule has 0 spiro atoms. The normalized spacial score (nSPS) is 25.5. The van der Waals surface area contributed by atoms with Crippen molar-refractivity contribution in [3.8, 4) is 5.75 Å². The number of H-pyrrole nitrogens is 1. The van der Waals surface area contributed by atoms with Crippen LogP contribution in [0.25, 0.3) is 21.8 Å². The fraction of sp³-hybridized carbons (Fsp3) is 0.582. The smallest absolute Gasteiger partial charge is 0.323 e. The van der Waals surface area contributed by atoms with E-state index in [0.717, 1.165) is 4.90 Å². The number of unbranched alkanes of at least 4 members (excludes halogenated alkanes) is 2. The van der Waals surface area contributed by atoms with Gasteiger partial charge in [-0.15, -0.1) is 0 Å². The number of likely N-dealkylation sites (N-methyl/N-ethyl adjacent to an activating group) is 2. The number of aromatic hydroxyl groups is 1. The molecule has 4 aliphatic rings. The van der Waals surface area contributed by atoms with Gasteiger partial charge in [0, 0.05) is 100 Å². The summed E-state index contributed by atoms with van der Waals surface area (Å²) in [6, 6.07) is 0.581. The van der Waals surface area contributed by atoms with Crippen molar-refractivity contribution in [1.82, 2.24) is 81.9 Å². The molecule has 5 aromatic rings. The third kappa shape index (κ3) is 27.0. The summed E-state index contributed by atoms with van der Waals surface area (Å²) in [6.45, 7) is 9.79. The number of phenolic OH excluding ortho intramolecular Hbond substituents is 1. The highest BCUT2D eigenvalue weighted by molar-refractivity contribution is 6.02. The maximum absolute atomic E-state index is 15.9. The number of nitrogens with zero attached hydrogens (tertiary/aromatic N) is 6. The lowest BCUT2D eigenvalue weighted by Crippen LogP contribution is -2.62. The summed E-state index contributed by atoms with van der Waals surface area (Å²) in [5.41, 5.74) is 27.5. The van der Waals surface area contributed by atoms with Crippen molar-refractivity contribution < 1.29 is 86.9 Å². The molecule has 15 amide bonds. The van der Waals surface area contributed by atoms with Crippen LogP contribution in [0.15, 0.2) is 85.2 Å². The van der Waals surface area contributed by atoms with Crippen LogP contribution in [-0.2, 0) is 103 Å². The Morgan fingerprint density at radius 2 is 0.961 bits per heavy atom. The summed E-state index contributed by atoms with van der Waals surface area (Å²) < 4.78 is 1.48. The number of carbonyl (C=O) groups excluding carboxylic acids is 15. The molecule has 4 fully saturated rings. The molecule has 129 heavy (non-hydrogen) atoms. The number of amides is 15. The number of carboxylic acids is 1. The van der Waals surface area contributed by atoms with Crippen LogP contribution < -0.4 is 70.8 Å². The minimum atomic E-state index is -1.68. The third-order valence-corrected chi connectivity index (χ3v) is 24.6. The number of nitrogens with two attached hydrogens (primary N) is 4. The Labute approximate surface area is 751 Å². The fourth-order valence-corrected chi connectivity index (χ4v) is 17.6. The Morgan fingerprint density at radius 1 is 0.473 bits per heavy atom. The van der Waals surface area contributed by atoms with E-state index in [1.807, 2.05) is 39.8 Å². The number of benzene rings is 3.